The van der Waals surface area contributed by atoms with Crippen LogP contribution in [0.15, 0.2) is 29.1 Å². The summed E-state index contributed by atoms with van der Waals surface area (Å²) in [7, 11) is 0. The van der Waals surface area contributed by atoms with E-state index in [1.54, 1.807) is 31.2 Å². The van der Waals surface area contributed by atoms with E-state index < -0.39 is 11.5 Å². The van der Waals surface area contributed by atoms with Gasteiger partial charge >= 0.3 is 0 Å². The van der Waals surface area contributed by atoms with Crippen molar-refractivity contribution in [2.75, 3.05) is 6.54 Å². The zero-order chi connectivity index (χ0) is 14.0. The second-order valence-corrected chi connectivity index (χ2v) is 4.15. The van der Waals surface area contributed by atoms with Gasteiger partial charge in [0, 0.05) is 18.5 Å². The van der Waals surface area contributed by atoms with Crippen molar-refractivity contribution in [2.24, 2.45) is 0 Å². The van der Waals surface area contributed by atoms with Crippen LogP contribution in [0.25, 0.3) is 10.9 Å². The van der Waals surface area contributed by atoms with Crippen LogP contribution >= 0.6 is 0 Å². The van der Waals surface area contributed by atoms with Crippen molar-refractivity contribution >= 4 is 16.8 Å². The highest BCUT2D eigenvalue weighted by atomic mass is 16.3. The molecule has 0 aliphatic heterocycles. The quantitative estimate of drug-likeness (QED) is 0.878. The molecule has 0 fully saturated rings. The summed E-state index contributed by atoms with van der Waals surface area (Å²) >= 11 is 0. The Labute approximate surface area is 110 Å². The fourth-order valence-corrected chi connectivity index (χ4v) is 2.16. The van der Waals surface area contributed by atoms with Crippen LogP contribution in [0.2, 0.25) is 0 Å². The molecule has 1 aromatic heterocycles. The Hall–Kier alpha value is -2.30. The van der Waals surface area contributed by atoms with Crippen molar-refractivity contribution in [3.8, 4) is 5.75 Å². The molecule has 2 N–H and O–H groups in total. The number of rotatable bonds is 3. The molecule has 0 spiro atoms. The number of nitrogens with zero attached hydrogens (tertiary/aromatic N) is 1. The van der Waals surface area contributed by atoms with E-state index in [4.69, 9.17) is 0 Å². The second kappa shape index (κ2) is 5.14. The lowest BCUT2D eigenvalue weighted by Gasteiger charge is -2.13. The summed E-state index contributed by atoms with van der Waals surface area (Å²) in [4.78, 5) is 24.2. The van der Waals surface area contributed by atoms with Gasteiger partial charge in [-0.2, -0.15) is 0 Å². The van der Waals surface area contributed by atoms with Crippen molar-refractivity contribution < 1.29 is 9.90 Å². The third-order valence-electron chi connectivity index (χ3n) is 3.03. The summed E-state index contributed by atoms with van der Waals surface area (Å²) in [6.07, 6.45) is 0. The second-order valence-electron chi connectivity index (χ2n) is 4.15. The number of hydrogen-bond acceptors (Lipinski definition) is 3. The maximum absolute atomic E-state index is 12.3. The molecule has 5 heteroatoms. The SMILES string of the molecule is CCNC(=O)c1c(O)c2ccccc2n(CC)c1=O. The van der Waals surface area contributed by atoms with Gasteiger partial charge < -0.3 is 15.0 Å². The number of carbonyl (C=O) groups is 1. The monoisotopic (exact) mass is 260 g/mol. The van der Waals surface area contributed by atoms with Crippen molar-refractivity contribution in [3.63, 3.8) is 0 Å². The lowest BCUT2D eigenvalue weighted by atomic mass is 10.1. The average Bonchev–Trinajstić information content (AvgIpc) is 2.40. The van der Waals surface area contributed by atoms with Crippen LogP contribution in [0.5, 0.6) is 5.75 Å². The summed E-state index contributed by atoms with van der Waals surface area (Å²) in [5.41, 5.74) is -0.0346. The summed E-state index contributed by atoms with van der Waals surface area (Å²) in [5, 5.41) is 13.2. The van der Waals surface area contributed by atoms with Crippen LogP contribution in [0, 0.1) is 0 Å². The van der Waals surface area contributed by atoms with Crippen molar-refractivity contribution in [1.82, 2.24) is 9.88 Å². The minimum atomic E-state index is -0.544. The predicted octanol–water partition coefficient (Wildman–Crippen LogP) is 1.48. The lowest BCUT2D eigenvalue weighted by molar-refractivity contribution is 0.0951. The molecule has 0 unspecified atom stereocenters. The molecular weight excluding hydrogens is 244 g/mol. The summed E-state index contributed by atoms with van der Waals surface area (Å²) in [6, 6.07) is 6.99. The zero-order valence-corrected chi connectivity index (χ0v) is 10.9. The Morgan fingerprint density at radius 3 is 2.63 bits per heavy atom. The Morgan fingerprint density at radius 2 is 2.00 bits per heavy atom. The summed E-state index contributed by atoms with van der Waals surface area (Å²) < 4.78 is 1.49. The molecule has 1 heterocycles. The van der Waals surface area contributed by atoms with Crippen molar-refractivity contribution in [1.29, 1.82) is 0 Å². The van der Waals surface area contributed by atoms with Crippen LogP contribution in [0.1, 0.15) is 24.2 Å². The van der Waals surface area contributed by atoms with Crippen molar-refractivity contribution in [3.05, 3.63) is 40.2 Å². The van der Waals surface area contributed by atoms with E-state index in [0.29, 0.717) is 24.0 Å². The summed E-state index contributed by atoms with van der Waals surface area (Å²) in [6.45, 7) is 4.42. The molecule has 0 radical (unpaired) electrons. The largest absolute Gasteiger partial charge is 0.506 e. The number of hydrogen-bond donors (Lipinski definition) is 2. The van der Waals surface area contributed by atoms with Gasteiger partial charge in [-0.05, 0) is 26.0 Å². The fraction of sp³-hybridized carbons (Fsp3) is 0.286. The van der Waals surface area contributed by atoms with Gasteiger partial charge in [-0.25, -0.2) is 0 Å². The molecule has 0 saturated heterocycles. The standard InChI is InChI=1S/C14H16N2O3/c1-3-15-13(18)11-12(17)9-7-5-6-8-10(9)16(4-2)14(11)19/h5-8,17H,3-4H2,1-2H3,(H,15,18). The van der Waals surface area contributed by atoms with E-state index in [1.807, 2.05) is 6.92 Å². The number of benzene rings is 1. The van der Waals surface area contributed by atoms with E-state index in [9.17, 15) is 14.7 Å². The molecular formula is C14H16N2O3. The number of para-hydroxylation sites is 1. The van der Waals surface area contributed by atoms with E-state index in [-0.39, 0.29) is 11.3 Å². The molecule has 1 amide bonds. The van der Waals surface area contributed by atoms with Gasteiger partial charge in [0.2, 0.25) is 0 Å². The molecule has 1 aromatic carbocycles. The highest BCUT2D eigenvalue weighted by Gasteiger charge is 2.20. The first-order valence-corrected chi connectivity index (χ1v) is 6.24. The van der Waals surface area contributed by atoms with Gasteiger partial charge in [0.15, 0.2) is 0 Å². The summed E-state index contributed by atoms with van der Waals surface area (Å²) in [5.74, 6) is -0.797. The molecule has 2 rings (SSSR count). The smallest absolute Gasteiger partial charge is 0.267 e. The number of aromatic nitrogens is 1. The van der Waals surface area contributed by atoms with Crippen molar-refractivity contribution in [2.45, 2.75) is 20.4 Å². The molecule has 0 atom stereocenters. The average molecular weight is 260 g/mol. The number of nitrogens with one attached hydrogen (secondary N) is 1. The Balaban J connectivity index is 2.85. The molecule has 0 saturated carbocycles. The molecule has 19 heavy (non-hydrogen) atoms. The molecule has 100 valence electrons. The predicted molar refractivity (Wildman–Crippen MR) is 73.6 cm³/mol. The van der Waals surface area contributed by atoms with Crippen LogP contribution in [0.3, 0.4) is 0 Å². The number of aromatic hydroxyl groups is 1. The first kappa shape index (κ1) is 13.1. The topological polar surface area (TPSA) is 71.3 Å². The number of carbonyl (C=O) groups excluding carboxylic acids is 1. The Kier molecular flexibility index (Phi) is 3.55. The van der Waals surface area contributed by atoms with E-state index in [0.717, 1.165) is 0 Å². The van der Waals surface area contributed by atoms with Gasteiger partial charge in [-0.3, -0.25) is 9.59 Å². The highest BCUT2D eigenvalue weighted by molar-refractivity contribution is 6.02. The Bertz CT molecular complexity index is 689. The molecule has 2 aromatic rings. The minimum Gasteiger partial charge on any atom is -0.506 e. The third-order valence-corrected chi connectivity index (χ3v) is 3.03. The Morgan fingerprint density at radius 1 is 1.32 bits per heavy atom. The van der Waals surface area contributed by atoms with E-state index >= 15 is 0 Å². The first-order valence-electron chi connectivity index (χ1n) is 6.24. The minimum absolute atomic E-state index is 0.192. The van der Waals surface area contributed by atoms with Gasteiger partial charge in [-0.1, -0.05) is 12.1 Å². The van der Waals surface area contributed by atoms with Crippen LogP contribution in [-0.2, 0) is 6.54 Å². The maximum atomic E-state index is 12.3. The number of pyridine rings is 1. The van der Waals surface area contributed by atoms with Gasteiger partial charge in [0.05, 0.1) is 5.52 Å². The third kappa shape index (κ3) is 2.07. The normalized spacial score (nSPS) is 10.6. The first-order chi connectivity index (χ1) is 9.11. The lowest BCUT2D eigenvalue weighted by Crippen LogP contribution is -2.33. The fourth-order valence-electron chi connectivity index (χ4n) is 2.16. The van der Waals surface area contributed by atoms with Gasteiger partial charge in [-0.15, -0.1) is 0 Å². The number of amides is 1. The van der Waals surface area contributed by atoms with Gasteiger partial charge in [0.25, 0.3) is 11.5 Å². The molecule has 0 aliphatic rings. The van der Waals surface area contributed by atoms with E-state index in [1.165, 1.54) is 4.57 Å². The van der Waals surface area contributed by atoms with E-state index in [2.05, 4.69) is 5.32 Å². The highest BCUT2D eigenvalue weighted by Crippen LogP contribution is 2.25. The maximum Gasteiger partial charge on any atom is 0.267 e. The number of fused-ring (bicyclic) bond motifs is 1. The van der Waals surface area contributed by atoms with Crippen LogP contribution in [0.4, 0.5) is 0 Å². The van der Waals surface area contributed by atoms with Crippen LogP contribution in [-0.4, -0.2) is 22.1 Å². The molecule has 0 bridgehead atoms. The zero-order valence-electron chi connectivity index (χ0n) is 10.9. The molecule has 5 nitrogen and oxygen atoms in total. The van der Waals surface area contributed by atoms with Crippen LogP contribution < -0.4 is 10.9 Å². The number of aryl methyl sites for hydroxylation is 1. The van der Waals surface area contributed by atoms with Gasteiger partial charge in [0.1, 0.15) is 11.3 Å². The molecule has 0 aliphatic carbocycles.